The van der Waals surface area contributed by atoms with Gasteiger partial charge in [0.05, 0.1) is 18.0 Å². The second-order valence-corrected chi connectivity index (χ2v) is 8.57. The Morgan fingerprint density at radius 3 is 2.88 bits per heavy atom. The summed E-state index contributed by atoms with van der Waals surface area (Å²) in [7, 11) is -3.51. The van der Waals surface area contributed by atoms with E-state index >= 15 is 0 Å². The summed E-state index contributed by atoms with van der Waals surface area (Å²) >= 11 is 6.00. The summed E-state index contributed by atoms with van der Waals surface area (Å²) in [6, 6.07) is 4.72. The van der Waals surface area contributed by atoms with Crippen molar-refractivity contribution in [2.75, 3.05) is 30.3 Å². The maximum atomic E-state index is 12.5. The number of rotatable bonds is 4. The Balaban J connectivity index is 1.76. The van der Waals surface area contributed by atoms with E-state index in [2.05, 4.69) is 5.32 Å². The summed E-state index contributed by atoms with van der Waals surface area (Å²) < 4.78 is 36.7. The molecule has 2 aliphatic heterocycles. The number of hydrogen-bond acceptors (Lipinski definition) is 5. The van der Waals surface area contributed by atoms with Crippen molar-refractivity contribution in [1.82, 2.24) is 5.32 Å². The van der Waals surface area contributed by atoms with Crippen LogP contribution in [0.2, 0.25) is 5.02 Å². The highest BCUT2D eigenvalue weighted by molar-refractivity contribution is 7.92. The monoisotopic (exact) mass is 388 g/mol. The third kappa shape index (κ3) is 4.37. The minimum atomic E-state index is -3.51. The standard InChI is InChI=1S/C16H21ClN2O5S/c1-25(21,22)19-7-6-15(16(20)18-10-12-3-2-8-23-12)24-14-5-4-11(17)9-13(14)19/h4-5,9,12,15H,2-3,6-8,10H2,1H3,(H,18,20)/t12-,15+/m0/s1. The molecular formula is C16H21ClN2O5S. The van der Waals surface area contributed by atoms with Gasteiger partial charge in [-0.1, -0.05) is 11.6 Å². The van der Waals surface area contributed by atoms with Gasteiger partial charge in [-0.15, -0.1) is 0 Å². The molecule has 0 spiro atoms. The fraction of sp³-hybridized carbons (Fsp3) is 0.562. The highest BCUT2D eigenvalue weighted by Crippen LogP contribution is 2.36. The molecule has 3 rings (SSSR count). The molecule has 1 aromatic rings. The average molecular weight is 389 g/mol. The van der Waals surface area contributed by atoms with E-state index in [9.17, 15) is 13.2 Å². The molecule has 138 valence electrons. The van der Waals surface area contributed by atoms with Gasteiger partial charge in [0.2, 0.25) is 10.0 Å². The van der Waals surface area contributed by atoms with E-state index in [0.717, 1.165) is 25.7 Å². The summed E-state index contributed by atoms with van der Waals surface area (Å²) in [5.74, 6) is 0.0522. The minimum Gasteiger partial charge on any atom is -0.478 e. The van der Waals surface area contributed by atoms with Crippen LogP contribution >= 0.6 is 11.6 Å². The number of amides is 1. The summed E-state index contributed by atoms with van der Waals surface area (Å²) in [4.78, 5) is 12.5. The fourth-order valence-electron chi connectivity index (χ4n) is 3.01. The molecule has 1 aromatic carbocycles. The molecule has 0 unspecified atom stereocenters. The van der Waals surface area contributed by atoms with Gasteiger partial charge >= 0.3 is 0 Å². The van der Waals surface area contributed by atoms with Gasteiger partial charge in [-0.2, -0.15) is 0 Å². The Kier molecular flexibility index (Phi) is 5.41. The van der Waals surface area contributed by atoms with Crippen LogP contribution in [0.15, 0.2) is 18.2 Å². The maximum absolute atomic E-state index is 12.5. The first-order chi connectivity index (χ1) is 11.8. The van der Waals surface area contributed by atoms with Gasteiger partial charge in [0.1, 0.15) is 5.75 Å². The van der Waals surface area contributed by atoms with Crippen molar-refractivity contribution in [2.24, 2.45) is 0 Å². The van der Waals surface area contributed by atoms with Crippen LogP contribution < -0.4 is 14.4 Å². The number of fused-ring (bicyclic) bond motifs is 1. The molecule has 2 atom stereocenters. The largest absolute Gasteiger partial charge is 0.478 e. The Bertz CT molecular complexity index is 749. The van der Waals surface area contributed by atoms with Gasteiger partial charge in [-0.25, -0.2) is 8.42 Å². The minimum absolute atomic E-state index is 0.0355. The number of nitrogens with one attached hydrogen (secondary N) is 1. The predicted octanol–water partition coefficient (Wildman–Crippen LogP) is 1.55. The Labute approximate surface area is 152 Å². The van der Waals surface area contributed by atoms with Gasteiger partial charge in [0.15, 0.2) is 6.10 Å². The van der Waals surface area contributed by atoms with Crippen LogP contribution in [0.5, 0.6) is 5.75 Å². The first-order valence-corrected chi connectivity index (χ1v) is 10.4. The van der Waals surface area contributed by atoms with E-state index in [1.54, 1.807) is 12.1 Å². The van der Waals surface area contributed by atoms with Crippen LogP contribution in [0.1, 0.15) is 19.3 Å². The van der Waals surface area contributed by atoms with E-state index in [-0.39, 0.29) is 25.0 Å². The summed E-state index contributed by atoms with van der Waals surface area (Å²) in [5.41, 5.74) is 0.351. The zero-order valence-electron chi connectivity index (χ0n) is 13.9. The number of hydrogen-bond donors (Lipinski definition) is 1. The molecule has 1 amide bonds. The second kappa shape index (κ2) is 7.39. The summed E-state index contributed by atoms with van der Waals surface area (Å²) in [6.45, 7) is 1.30. The highest BCUT2D eigenvalue weighted by atomic mass is 35.5. The van der Waals surface area contributed by atoms with Crippen molar-refractivity contribution in [3.8, 4) is 5.75 Å². The lowest BCUT2D eigenvalue weighted by Crippen LogP contribution is -2.42. The smallest absolute Gasteiger partial charge is 0.261 e. The zero-order chi connectivity index (χ0) is 18.0. The predicted molar refractivity (Wildman–Crippen MR) is 94.7 cm³/mol. The van der Waals surface area contributed by atoms with Gasteiger partial charge < -0.3 is 14.8 Å². The molecule has 0 aliphatic carbocycles. The molecule has 0 radical (unpaired) electrons. The van der Waals surface area contributed by atoms with E-state index in [0.29, 0.717) is 23.0 Å². The van der Waals surface area contributed by atoms with Gasteiger partial charge in [0, 0.05) is 31.1 Å². The van der Waals surface area contributed by atoms with Crippen molar-refractivity contribution >= 4 is 33.2 Å². The SMILES string of the molecule is CS(=O)(=O)N1CC[C@H](C(=O)NC[C@@H]2CCCO2)Oc2ccc(Cl)cc21. The van der Waals surface area contributed by atoms with Crippen LogP contribution in [-0.2, 0) is 19.6 Å². The number of nitrogens with zero attached hydrogens (tertiary/aromatic N) is 1. The number of ether oxygens (including phenoxy) is 2. The van der Waals surface area contributed by atoms with Gasteiger partial charge in [0.25, 0.3) is 5.91 Å². The van der Waals surface area contributed by atoms with E-state index in [1.807, 2.05) is 0 Å². The number of benzene rings is 1. The zero-order valence-corrected chi connectivity index (χ0v) is 15.5. The lowest BCUT2D eigenvalue weighted by molar-refractivity contribution is -0.128. The highest BCUT2D eigenvalue weighted by Gasteiger charge is 2.31. The third-order valence-corrected chi connectivity index (χ3v) is 5.69. The van der Waals surface area contributed by atoms with Crippen LogP contribution in [0.3, 0.4) is 0 Å². The Morgan fingerprint density at radius 1 is 1.40 bits per heavy atom. The van der Waals surface area contributed by atoms with Crippen LogP contribution in [-0.4, -0.2) is 52.5 Å². The molecular weight excluding hydrogens is 368 g/mol. The molecule has 0 aromatic heterocycles. The molecule has 7 nitrogen and oxygen atoms in total. The maximum Gasteiger partial charge on any atom is 0.261 e. The lowest BCUT2D eigenvalue weighted by atomic mass is 10.2. The van der Waals surface area contributed by atoms with Crippen molar-refractivity contribution in [3.05, 3.63) is 23.2 Å². The molecule has 1 N–H and O–H groups in total. The number of carbonyl (C=O) groups excluding carboxylic acids is 1. The molecule has 0 saturated carbocycles. The summed E-state index contributed by atoms with van der Waals surface area (Å²) in [5, 5.41) is 3.24. The molecule has 1 fully saturated rings. The first kappa shape index (κ1) is 18.3. The molecule has 25 heavy (non-hydrogen) atoms. The Morgan fingerprint density at radius 2 is 2.20 bits per heavy atom. The van der Waals surface area contributed by atoms with E-state index in [1.165, 1.54) is 10.4 Å². The molecule has 9 heteroatoms. The topological polar surface area (TPSA) is 84.9 Å². The molecule has 2 heterocycles. The van der Waals surface area contributed by atoms with Crippen LogP contribution in [0.25, 0.3) is 0 Å². The quantitative estimate of drug-likeness (QED) is 0.845. The fourth-order valence-corrected chi connectivity index (χ4v) is 4.12. The summed E-state index contributed by atoms with van der Waals surface area (Å²) in [6.07, 6.45) is 2.56. The number of halogens is 1. The first-order valence-electron chi connectivity index (χ1n) is 8.18. The van der Waals surface area contributed by atoms with Gasteiger partial charge in [-0.05, 0) is 31.0 Å². The van der Waals surface area contributed by atoms with E-state index in [4.69, 9.17) is 21.1 Å². The van der Waals surface area contributed by atoms with Crippen LogP contribution in [0, 0.1) is 0 Å². The van der Waals surface area contributed by atoms with Crippen molar-refractivity contribution < 1.29 is 22.7 Å². The molecule has 1 saturated heterocycles. The third-order valence-electron chi connectivity index (χ3n) is 4.27. The number of sulfonamides is 1. The van der Waals surface area contributed by atoms with Crippen molar-refractivity contribution in [2.45, 2.75) is 31.5 Å². The van der Waals surface area contributed by atoms with Crippen molar-refractivity contribution in [3.63, 3.8) is 0 Å². The van der Waals surface area contributed by atoms with Crippen LogP contribution in [0.4, 0.5) is 5.69 Å². The van der Waals surface area contributed by atoms with Crippen molar-refractivity contribution in [1.29, 1.82) is 0 Å². The number of carbonyl (C=O) groups is 1. The molecule has 2 aliphatic rings. The normalized spacial score (nSPS) is 23.5. The second-order valence-electron chi connectivity index (χ2n) is 6.22. The molecule has 0 bridgehead atoms. The average Bonchev–Trinajstić information content (AvgIpc) is 2.98. The Hall–Kier alpha value is -1.51. The van der Waals surface area contributed by atoms with Gasteiger partial charge in [-0.3, -0.25) is 9.10 Å². The lowest BCUT2D eigenvalue weighted by Gasteiger charge is -2.21. The van der Waals surface area contributed by atoms with E-state index < -0.39 is 16.1 Å². The number of anilines is 1.